The number of piperazine rings is 2. The van der Waals surface area contributed by atoms with E-state index in [2.05, 4.69) is 53.6 Å². The van der Waals surface area contributed by atoms with Crippen molar-refractivity contribution >= 4 is 70.3 Å². The van der Waals surface area contributed by atoms with Crippen LogP contribution in [0.1, 0.15) is 37.8 Å². The number of hydrogen-bond acceptors (Lipinski definition) is 20. The summed E-state index contributed by atoms with van der Waals surface area (Å²) in [6.07, 6.45) is 13.7. The molecule has 4 N–H and O–H groups in total. The number of halogens is 1. The quantitative estimate of drug-likeness (QED) is 0.241. The molecule has 27 heteroatoms. The lowest BCUT2D eigenvalue weighted by molar-refractivity contribution is 0.108. The van der Waals surface area contributed by atoms with E-state index in [1.165, 1.54) is 0 Å². The van der Waals surface area contributed by atoms with Crippen molar-refractivity contribution in [1.29, 1.82) is 0 Å². The lowest BCUT2D eigenvalue weighted by Crippen LogP contribution is -2.53. The van der Waals surface area contributed by atoms with Gasteiger partial charge in [-0.05, 0) is 39.8 Å². The highest BCUT2D eigenvalue weighted by Gasteiger charge is 2.33. The molecule has 26 nitrogen and oxygen atoms in total. The third-order valence-electron chi connectivity index (χ3n) is 15.1. The molecule has 6 aromatic heterocycles. The number of carbonyl (C=O) groups excluding carboxylic acids is 2. The van der Waals surface area contributed by atoms with Crippen LogP contribution in [0.4, 0.5) is 33.4 Å². The number of aromatic nitrogens is 12. The highest BCUT2D eigenvalue weighted by atomic mass is 35.5. The van der Waals surface area contributed by atoms with Crippen molar-refractivity contribution in [3.63, 3.8) is 0 Å². The summed E-state index contributed by atoms with van der Waals surface area (Å²) in [6.45, 7) is 15.1. The highest BCUT2D eigenvalue weighted by Crippen LogP contribution is 2.34. The summed E-state index contributed by atoms with van der Waals surface area (Å²) in [5.74, 6) is 1.73. The molecule has 0 bridgehead atoms. The molecule has 12 heterocycles. The third-order valence-corrected chi connectivity index (χ3v) is 15.1. The average molecular weight is 1050 g/mol. The summed E-state index contributed by atoms with van der Waals surface area (Å²) in [5.41, 5.74) is 16.0. The van der Waals surface area contributed by atoms with Crippen LogP contribution in [0.2, 0.25) is 0 Å². The van der Waals surface area contributed by atoms with E-state index in [0.717, 1.165) is 149 Å². The normalized spacial score (nSPS) is 19.8. The van der Waals surface area contributed by atoms with Crippen molar-refractivity contribution in [3.05, 3.63) is 37.2 Å². The Morgan fingerprint density at radius 2 is 0.800 bits per heavy atom. The van der Waals surface area contributed by atoms with Crippen molar-refractivity contribution in [1.82, 2.24) is 88.8 Å². The Kier molecular flexibility index (Phi) is 15.8. The summed E-state index contributed by atoms with van der Waals surface area (Å²) >= 11 is 0. The fourth-order valence-electron chi connectivity index (χ4n) is 10.5. The maximum absolute atomic E-state index is 13.1. The number of fused-ring (bicyclic) bond motifs is 2. The molecule has 6 aliphatic rings. The number of urea groups is 2. The van der Waals surface area contributed by atoms with Gasteiger partial charge in [0.1, 0.15) is 0 Å². The van der Waals surface area contributed by atoms with E-state index in [9.17, 15) is 9.59 Å². The number of likely N-dealkylation sites (tertiary alicyclic amines) is 2. The van der Waals surface area contributed by atoms with Gasteiger partial charge in [0.2, 0.25) is 23.8 Å². The van der Waals surface area contributed by atoms with Crippen molar-refractivity contribution in [2.45, 2.75) is 37.8 Å². The second kappa shape index (κ2) is 22.9. The van der Waals surface area contributed by atoms with Crippen LogP contribution in [0.25, 0.3) is 44.6 Å². The number of nitrogens with two attached hydrogens (primary N) is 2. The molecule has 0 atom stereocenters. The molecule has 0 aliphatic carbocycles. The number of amides is 4. The largest absolute Gasteiger partial charge is 0.378 e. The van der Waals surface area contributed by atoms with E-state index >= 15 is 0 Å². The molecule has 12 rings (SSSR count). The summed E-state index contributed by atoms with van der Waals surface area (Å²) in [7, 11) is 4.20. The number of piperidine rings is 2. The zero-order valence-corrected chi connectivity index (χ0v) is 43.5. The number of anilines is 4. The molecule has 0 spiro atoms. The minimum absolute atomic E-state index is 0. The predicted molar refractivity (Wildman–Crippen MR) is 283 cm³/mol. The molecular formula is C48H67ClN22O4. The van der Waals surface area contributed by atoms with Crippen LogP contribution in [0, 0.1) is 0 Å². The Morgan fingerprint density at radius 3 is 1.15 bits per heavy atom. The van der Waals surface area contributed by atoms with Crippen LogP contribution in [0.3, 0.4) is 0 Å². The zero-order chi connectivity index (χ0) is 50.7. The van der Waals surface area contributed by atoms with Gasteiger partial charge in [-0.25, -0.2) is 48.9 Å². The Hall–Kier alpha value is -6.87. The minimum Gasteiger partial charge on any atom is -0.378 e. The Morgan fingerprint density at radius 1 is 0.467 bits per heavy atom. The maximum atomic E-state index is 13.1. The van der Waals surface area contributed by atoms with E-state index in [1.807, 2.05) is 41.4 Å². The van der Waals surface area contributed by atoms with Gasteiger partial charge in [-0.2, -0.15) is 20.2 Å². The SMILES string of the molecule is CN1CCN(C(=O)N2CCC(n3ncc4c(-c5cnc(N)nc5)nc(N5CCOCC5)nc43)CC2)CC1.CN1CCN(C(=O)N2CCC(n3ncc4c(-c5cnc(N)nc5)nc(N5CCOCC5)nc43)CC2)CC1.Cl. The van der Waals surface area contributed by atoms with Crippen LogP contribution in [0.5, 0.6) is 0 Å². The molecule has 0 radical (unpaired) electrons. The smallest absolute Gasteiger partial charge is 0.320 e. The molecule has 6 aliphatic heterocycles. The first-order valence-corrected chi connectivity index (χ1v) is 25.9. The number of rotatable bonds is 6. The minimum atomic E-state index is 0. The summed E-state index contributed by atoms with van der Waals surface area (Å²) in [4.78, 5) is 79.3. The van der Waals surface area contributed by atoms with E-state index < -0.39 is 0 Å². The number of carbonyl (C=O) groups is 2. The van der Waals surface area contributed by atoms with Crippen molar-refractivity contribution < 1.29 is 19.1 Å². The molecule has 75 heavy (non-hydrogen) atoms. The Balaban J connectivity index is 0.000000169. The van der Waals surface area contributed by atoms with Crippen molar-refractivity contribution in [3.8, 4) is 22.5 Å². The number of hydrogen-bond donors (Lipinski definition) is 2. The lowest BCUT2D eigenvalue weighted by atomic mass is 10.1. The van der Waals surface area contributed by atoms with Gasteiger partial charge >= 0.3 is 12.1 Å². The molecule has 4 amide bonds. The van der Waals surface area contributed by atoms with Gasteiger partial charge in [-0.3, -0.25) is 0 Å². The van der Waals surface area contributed by atoms with Gasteiger partial charge in [0.25, 0.3) is 0 Å². The first-order valence-electron chi connectivity index (χ1n) is 25.9. The number of morpholine rings is 2. The first-order chi connectivity index (χ1) is 36.1. The van der Waals surface area contributed by atoms with Crippen molar-refractivity contribution in [2.24, 2.45) is 0 Å². The standard InChI is InChI=1S/2C24H33N11O2.ClH/c2*1-31-6-8-34(9-7-31)24(36)33-4-2-18(3-5-33)35-21-19(16-28-35)20(17-14-26-22(25)27-15-17)29-23(30-21)32-10-12-37-13-11-32;/h2*14-16,18H,2-13H2,1H3,(H2,25,26,27);1H. The number of nitrogens with zero attached hydrogens (tertiary/aromatic N) is 20. The molecule has 0 unspecified atom stereocenters. The predicted octanol–water partition coefficient (Wildman–Crippen LogP) is 1.83. The Labute approximate surface area is 440 Å². The van der Waals surface area contributed by atoms with E-state index in [4.69, 9.17) is 51.1 Å². The summed E-state index contributed by atoms with van der Waals surface area (Å²) < 4.78 is 15.1. The third kappa shape index (κ3) is 11.2. The van der Waals surface area contributed by atoms with Gasteiger partial charge in [-0.15, -0.1) is 12.4 Å². The topological polar surface area (TPSA) is 269 Å². The second-order valence-corrected chi connectivity index (χ2v) is 19.8. The summed E-state index contributed by atoms with van der Waals surface area (Å²) in [5, 5.41) is 11.2. The number of nitrogen functional groups attached to an aromatic ring is 2. The molecule has 6 saturated heterocycles. The van der Waals surface area contributed by atoms with Gasteiger partial charge in [0, 0.05) is 141 Å². The lowest BCUT2D eigenvalue weighted by Gasteiger charge is -2.39. The maximum Gasteiger partial charge on any atom is 0.320 e. The molecular weight excluding hydrogens is 984 g/mol. The van der Waals surface area contributed by atoms with Gasteiger partial charge in [0.05, 0.1) is 73.1 Å². The van der Waals surface area contributed by atoms with Crippen LogP contribution < -0.4 is 21.3 Å². The molecule has 0 saturated carbocycles. The van der Waals surface area contributed by atoms with Gasteiger partial charge < -0.3 is 60.1 Å². The van der Waals surface area contributed by atoms with Crippen LogP contribution >= 0.6 is 12.4 Å². The van der Waals surface area contributed by atoms with E-state index in [1.54, 1.807) is 24.8 Å². The summed E-state index contributed by atoms with van der Waals surface area (Å²) in [6, 6.07) is 0.605. The van der Waals surface area contributed by atoms with Crippen LogP contribution in [0.15, 0.2) is 37.2 Å². The first kappa shape index (κ1) is 51.6. The number of likely N-dealkylation sites (N-methyl/N-ethyl adjacent to an activating group) is 2. The zero-order valence-electron chi connectivity index (χ0n) is 42.7. The average Bonchev–Trinajstić information content (AvgIpc) is 4.09. The Bertz CT molecular complexity index is 2690. The fourth-order valence-corrected chi connectivity index (χ4v) is 10.5. The van der Waals surface area contributed by atoms with Gasteiger partial charge in [0.15, 0.2) is 11.3 Å². The van der Waals surface area contributed by atoms with E-state index in [0.29, 0.717) is 64.5 Å². The van der Waals surface area contributed by atoms with Crippen LogP contribution in [-0.2, 0) is 9.47 Å². The molecule has 6 fully saturated rings. The number of ether oxygens (including phenoxy) is 2. The monoisotopic (exact) mass is 1050 g/mol. The van der Waals surface area contributed by atoms with Gasteiger partial charge in [-0.1, -0.05) is 0 Å². The highest BCUT2D eigenvalue weighted by molar-refractivity contribution is 5.92. The second-order valence-electron chi connectivity index (χ2n) is 19.8. The van der Waals surface area contributed by atoms with E-state index in [-0.39, 0.29) is 48.4 Å². The molecule has 6 aromatic rings. The van der Waals surface area contributed by atoms with Crippen LogP contribution in [-0.4, -0.2) is 246 Å². The molecule has 400 valence electrons. The molecule has 0 aromatic carbocycles. The fraction of sp³-hybridized carbons (Fsp3) is 0.583. The van der Waals surface area contributed by atoms with Crippen molar-refractivity contribution in [2.75, 3.05) is 167 Å².